The molecule has 0 heterocycles. The number of ether oxygens (including phenoxy) is 1. The molecule has 0 spiro atoms. The Morgan fingerprint density at radius 2 is 2.23 bits per heavy atom. The molecule has 72 valence electrons. The lowest BCUT2D eigenvalue weighted by molar-refractivity contribution is 0.316. The summed E-state index contributed by atoms with van der Waals surface area (Å²) in [5, 5.41) is 3.69. The van der Waals surface area contributed by atoms with Crippen LogP contribution in [0.15, 0.2) is 18.2 Å². The topological polar surface area (TPSA) is 21.3 Å². The number of hydrogen-bond donors (Lipinski definition) is 1. The Hall–Kier alpha value is -0.730. The second kappa shape index (κ2) is 5.10. The molecule has 0 aliphatic heterocycles. The van der Waals surface area contributed by atoms with Crippen molar-refractivity contribution in [2.75, 3.05) is 20.2 Å². The summed E-state index contributed by atoms with van der Waals surface area (Å²) >= 11 is 5.96. The van der Waals surface area contributed by atoms with Crippen molar-refractivity contribution in [1.82, 2.24) is 5.32 Å². The molecule has 0 unspecified atom stereocenters. The van der Waals surface area contributed by atoms with E-state index in [-0.39, 0.29) is 0 Å². The van der Waals surface area contributed by atoms with E-state index in [4.69, 9.17) is 16.3 Å². The highest BCUT2D eigenvalue weighted by Gasteiger charge is 2.03. The minimum absolute atomic E-state index is 0.640. The first-order valence-corrected chi connectivity index (χ1v) is 4.66. The van der Waals surface area contributed by atoms with Crippen LogP contribution in [0.4, 0.5) is 0 Å². The highest BCUT2D eigenvalue weighted by molar-refractivity contribution is 6.32. The Kier molecular flexibility index (Phi) is 4.06. The maximum Gasteiger partial charge on any atom is 0.140 e. The molecule has 0 aliphatic rings. The summed E-state index contributed by atoms with van der Waals surface area (Å²) in [7, 11) is 1.89. The van der Waals surface area contributed by atoms with Crippen LogP contribution in [0, 0.1) is 6.92 Å². The lowest BCUT2D eigenvalue weighted by atomic mass is 10.2. The van der Waals surface area contributed by atoms with Crippen LogP contribution in [0.2, 0.25) is 5.02 Å². The first-order chi connectivity index (χ1) is 6.25. The number of halogens is 1. The number of aryl methyl sites for hydroxylation is 1. The molecule has 1 aromatic carbocycles. The highest BCUT2D eigenvalue weighted by Crippen LogP contribution is 2.27. The minimum atomic E-state index is 0.640. The molecule has 0 amide bonds. The zero-order chi connectivity index (χ0) is 9.68. The molecular weight excluding hydrogens is 186 g/mol. The Balaban J connectivity index is 2.64. The van der Waals surface area contributed by atoms with Crippen LogP contribution in [0.25, 0.3) is 0 Å². The average molecular weight is 200 g/mol. The molecule has 0 fully saturated rings. The molecule has 0 bridgehead atoms. The molecule has 0 atom stereocenters. The zero-order valence-electron chi connectivity index (χ0n) is 7.93. The zero-order valence-corrected chi connectivity index (χ0v) is 8.69. The van der Waals surface area contributed by atoms with Crippen molar-refractivity contribution >= 4 is 11.6 Å². The maximum atomic E-state index is 5.96. The number of likely N-dealkylation sites (N-methyl/N-ethyl adjacent to an activating group) is 1. The van der Waals surface area contributed by atoms with Gasteiger partial charge in [-0.3, -0.25) is 0 Å². The van der Waals surface area contributed by atoms with Gasteiger partial charge in [0, 0.05) is 6.54 Å². The standard InChI is InChI=1S/C10H14ClNO/c1-8-4-3-5-9(11)10(8)13-7-6-12-2/h3-5,12H,6-7H2,1-2H3. The molecule has 0 saturated carbocycles. The summed E-state index contributed by atoms with van der Waals surface area (Å²) in [6.07, 6.45) is 0. The molecule has 0 saturated heterocycles. The van der Waals surface area contributed by atoms with Gasteiger partial charge in [0.25, 0.3) is 0 Å². The molecule has 0 aliphatic carbocycles. The van der Waals surface area contributed by atoms with Gasteiger partial charge in [0.05, 0.1) is 5.02 Å². The lowest BCUT2D eigenvalue weighted by Gasteiger charge is -2.09. The summed E-state index contributed by atoms with van der Waals surface area (Å²) < 4.78 is 5.51. The van der Waals surface area contributed by atoms with Crippen LogP contribution in [-0.4, -0.2) is 20.2 Å². The van der Waals surface area contributed by atoms with Gasteiger partial charge in [-0.1, -0.05) is 23.7 Å². The van der Waals surface area contributed by atoms with Gasteiger partial charge in [-0.15, -0.1) is 0 Å². The van der Waals surface area contributed by atoms with E-state index in [1.165, 1.54) is 0 Å². The molecule has 0 aromatic heterocycles. The molecule has 3 heteroatoms. The van der Waals surface area contributed by atoms with Gasteiger partial charge < -0.3 is 10.1 Å². The highest BCUT2D eigenvalue weighted by atomic mass is 35.5. The average Bonchev–Trinajstić information content (AvgIpc) is 2.10. The van der Waals surface area contributed by atoms with E-state index in [0.29, 0.717) is 11.6 Å². The van der Waals surface area contributed by atoms with Gasteiger partial charge in [-0.25, -0.2) is 0 Å². The Labute approximate surface area is 83.9 Å². The van der Waals surface area contributed by atoms with Crippen LogP contribution in [0.5, 0.6) is 5.75 Å². The van der Waals surface area contributed by atoms with Crippen molar-refractivity contribution in [1.29, 1.82) is 0 Å². The van der Waals surface area contributed by atoms with Crippen molar-refractivity contribution in [3.8, 4) is 5.75 Å². The smallest absolute Gasteiger partial charge is 0.140 e. The van der Waals surface area contributed by atoms with Crippen molar-refractivity contribution < 1.29 is 4.74 Å². The van der Waals surface area contributed by atoms with Gasteiger partial charge in [-0.05, 0) is 25.6 Å². The molecule has 2 nitrogen and oxygen atoms in total. The Morgan fingerprint density at radius 1 is 1.46 bits per heavy atom. The van der Waals surface area contributed by atoms with E-state index in [9.17, 15) is 0 Å². The molecule has 1 aromatic rings. The number of para-hydroxylation sites is 1. The van der Waals surface area contributed by atoms with Crippen LogP contribution < -0.4 is 10.1 Å². The molecule has 13 heavy (non-hydrogen) atoms. The fourth-order valence-corrected chi connectivity index (χ4v) is 1.33. The number of hydrogen-bond acceptors (Lipinski definition) is 2. The molecule has 1 rings (SSSR count). The second-order valence-electron chi connectivity index (χ2n) is 2.84. The van der Waals surface area contributed by atoms with Crippen molar-refractivity contribution in [3.63, 3.8) is 0 Å². The third-order valence-corrected chi connectivity index (χ3v) is 2.06. The number of nitrogens with one attached hydrogen (secondary N) is 1. The second-order valence-corrected chi connectivity index (χ2v) is 3.25. The van der Waals surface area contributed by atoms with Crippen molar-refractivity contribution in [2.45, 2.75) is 6.92 Å². The summed E-state index contributed by atoms with van der Waals surface area (Å²) in [5.74, 6) is 0.791. The van der Waals surface area contributed by atoms with Crippen LogP contribution in [0.3, 0.4) is 0 Å². The van der Waals surface area contributed by atoms with Crippen LogP contribution in [-0.2, 0) is 0 Å². The van der Waals surface area contributed by atoms with Gasteiger partial charge in [0.1, 0.15) is 12.4 Å². The quantitative estimate of drug-likeness (QED) is 0.752. The fourth-order valence-electron chi connectivity index (χ4n) is 1.05. The maximum absolute atomic E-state index is 5.96. The first-order valence-electron chi connectivity index (χ1n) is 4.28. The van der Waals surface area contributed by atoms with E-state index >= 15 is 0 Å². The van der Waals surface area contributed by atoms with Crippen LogP contribution in [0.1, 0.15) is 5.56 Å². The molecule has 0 radical (unpaired) electrons. The van der Waals surface area contributed by atoms with Gasteiger partial charge >= 0.3 is 0 Å². The minimum Gasteiger partial charge on any atom is -0.490 e. The predicted octanol–water partition coefficient (Wildman–Crippen LogP) is 2.25. The normalized spacial score (nSPS) is 10.1. The third kappa shape index (κ3) is 2.90. The molecule has 1 N–H and O–H groups in total. The van der Waals surface area contributed by atoms with E-state index in [1.807, 2.05) is 32.2 Å². The van der Waals surface area contributed by atoms with Crippen LogP contribution >= 0.6 is 11.6 Å². The van der Waals surface area contributed by atoms with E-state index in [0.717, 1.165) is 17.9 Å². The SMILES string of the molecule is CNCCOc1c(C)cccc1Cl. The largest absolute Gasteiger partial charge is 0.490 e. The lowest BCUT2D eigenvalue weighted by Crippen LogP contribution is -2.16. The summed E-state index contributed by atoms with van der Waals surface area (Å²) in [4.78, 5) is 0. The summed E-state index contributed by atoms with van der Waals surface area (Å²) in [6.45, 7) is 3.45. The Morgan fingerprint density at radius 3 is 2.85 bits per heavy atom. The van der Waals surface area contributed by atoms with E-state index in [2.05, 4.69) is 5.32 Å². The van der Waals surface area contributed by atoms with Gasteiger partial charge in [0.2, 0.25) is 0 Å². The van der Waals surface area contributed by atoms with Gasteiger partial charge in [0.15, 0.2) is 0 Å². The Bertz CT molecular complexity index is 255. The van der Waals surface area contributed by atoms with Crippen molar-refractivity contribution in [2.24, 2.45) is 0 Å². The number of benzene rings is 1. The monoisotopic (exact) mass is 199 g/mol. The third-order valence-electron chi connectivity index (χ3n) is 1.76. The molecular formula is C10H14ClNO. The summed E-state index contributed by atoms with van der Waals surface area (Å²) in [6, 6.07) is 5.74. The van der Waals surface area contributed by atoms with Gasteiger partial charge in [-0.2, -0.15) is 0 Å². The van der Waals surface area contributed by atoms with Crippen molar-refractivity contribution in [3.05, 3.63) is 28.8 Å². The van der Waals surface area contributed by atoms with E-state index in [1.54, 1.807) is 0 Å². The fraction of sp³-hybridized carbons (Fsp3) is 0.400. The summed E-state index contributed by atoms with van der Waals surface area (Å²) in [5.41, 5.74) is 1.07. The van der Waals surface area contributed by atoms with E-state index < -0.39 is 0 Å². The number of rotatable bonds is 4. The first kappa shape index (κ1) is 10.4. The predicted molar refractivity (Wildman–Crippen MR) is 55.6 cm³/mol.